The van der Waals surface area contributed by atoms with Crippen LogP contribution in [0.3, 0.4) is 0 Å². The second kappa shape index (κ2) is 7.46. The van der Waals surface area contributed by atoms with Gasteiger partial charge in [0, 0.05) is 24.3 Å². The molecule has 0 aromatic heterocycles. The van der Waals surface area contributed by atoms with Crippen LogP contribution in [0.4, 0.5) is 5.69 Å². The van der Waals surface area contributed by atoms with Gasteiger partial charge in [0.15, 0.2) is 0 Å². The average molecular weight is 290 g/mol. The third kappa shape index (κ3) is 3.97. The predicted molar refractivity (Wildman–Crippen MR) is 85.7 cm³/mol. The van der Waals surface area contributed by atoms with E-state index in [2.05, 4.69) is 24.1 Å². The third-order valence-electron chi connectivity index (χ3n) is 4.30. The summed E-state index contributed by atoms with van der Waals surface area (Å²) in [5.74, 6) is -0.0907. The summed E-state index contributed by atoms with van der Waals surface area (Å²) in [6, 6.07) is 7.59. The van der Waals surface area contributed by atoms with Crippen molar-refractivity contribution in [1.29, 1.82) is 0 Å². The smallest absolute Gasteiger partial charge is 0.251 e. The molecule has 1 fully saturated rings. The van der Waals surface area contributed by atoms with Crippen molar-refractivity contribution in [3.63, 3.8) is 0 Å². The Morgan fingerprint density at radius 1 is 1.19 bits per heavy atom. The van der Waals surface area contributed by atoms with Gasteiger partial charge in [-0.3, -0.25) is 4.79 Å². The summed E-state index contributed by atoms with van der Waals surface area (Å²) in [5, 5.41) is 12.9. The molecule has 2 rings (SSSR count). The Labute approximate surface area is 127 Å². The van der Waals surface area contributed by atoms with Gasteiger partial charge in [-0.1, -0.05) is 12.8 Å². The molecule has 0 unspecified atom stereocenters. The summed E-state index contributed by atoms with van der Waals surface area (Å²) >= 11 is 0. The molecule has 0 heterocycles. The molecule has 0 radical (unpaired) electrons. The highest BCUT2D eigenvalue weighted by Crippen LogP contribution is 2.19. The summed E-state index contributed by atoms with van der Waals surface area (Å²) < 4.78 is 0. The lowest BCUT2D eigenvalue weighted by Crippen LogP contribution is -2.45. The summed E-state index contributed by atoms with van der Waals surface area (Å²) in [4.78, 5) is 14.5. The first kappa shape index (κ1) is 15.8. The Morgan fingerprint density at radius 2 is 1.81 bits per heavy atom. The first-order chi connectivity index (χ1) is 10.2. The van der Waals surface area contributed by atoms with Gasteiger partial charge < -0.3 is 15.3 Å². The molecule has 2 atom stereocenters. The molecule has 0 aliphatic heterocycles. The molecule has 0 saturated heterocycles. The van der Waals surface area contributed by atoms with E-state index < -0.39 is 6.10 Å². The minimum atomic E-state index is -0.405. The van der Waals surface area contributed by atoms with Crippen molar-refractivity contribution < 1.29 is 9.90 Å². The molecule has 4 nitrogen and oxygen atoms in total. The summed E-state index contributed by atoms with van der Waals surface area (Å²) in [6.45, 7) is 6.15. The number of hydrogen-bond acceptors (Lipinski definition) is 3. The monoisotopic (exact) mass is 290 g/mol. The maximum Gasteiger partial charge on any atom is 0.251 e. The minimum absolute atomic E-state index is 0.0907. The Kier molecular flexibility index (Phi) is 5.62. The fraction of sp³-hybridized carbons (Fsp3) is 0.588. The number of nitrogens with zero attached hydrogens (tertiary/aromatic N) is 1. The molecular weight excluding hydrogens is 264 g/mol. The summed E-state index contributed by atoms with van der Waals surface area (Å²) in [7, 11) is 0. The normalized spacial score (nSPS) is 21.9. The fourth-order valence-electron chi connectivity index (χ4n) is 2.94. The molecule has 1 amide bonds. The van der Waals surface area contributed by atoms with Crippen LogP contribution in [-0.4, -0.2) is 36.2 Å². The molecule has 2 N–H and O–H groups in total. The van der Waals surface area contributed by atoms with Gasteiger partial charge in [0.1, 0.15) is 0 Å². The standard InChI is InChI=1S/C17H26N2O2/c1-3-19(4-2)14-11-9-13(10-12-14)17(21)18-15-7-5-6-8-16(15)20/h9-12,15-16,20H,3-8H2,1-2H3,(H,18,21)/t15-,16-/m0/s1. The number of anilines is 1. The van der Waals surface area contributed by atoms with Crippen LogP contribution in [0.25, 0.3) is 0 Å². The Hall–Kier alpha value is -1.55. The average Bonchev–Trinajstić information content (AvgIpc) is 2.51. The van der Waals surface area contributed by atoms with E-state index in [1.807, 2.05) is 24.3 Å². The minimum Gasteiger partial charge on any atom is -0.391 e. The van der Waals surface area contributed by atoms with Crippen LogP contribution in [0, 0.1) is 0 Å². The Bertz CT molecular complexity index is 454. The zero-order chi connectivity index (χ0) is 15.2. The molecule has 21 heavy (non-hydrogen) atoms. The zero-order valence-corrected chi connectivity index (χ0v) is 13.0. The lowest BCUT2D eigenvalue weighted by Gasteiger charge is -2.28. The highest BCUT2D eigenvalue weighted by molar-refractivity contribution is 5.94. The van der Waals surface area contributed by atoms with Crippen LogP contribution in [0.15, 0.2) is 24.3 Å². The van der Waals surface area contributed by atoms with Crippen LogP contribution in [0.5, 0.6) is 0 Å². The predicted octanol–water partition coefficient (Wildman–Crippen LogP) is 2.57. The van der Waals surface area contributed by atoms with E-state index in [0.717, 1.165) is 44.5 Å². The van der Waals surface area contributed by atoms with E-state index in [1.54, 1.807) is 0 Å². The maximum absolute atomic E-state index is 12.2. The highest BCUT2D eigenvalue weighted by atomic mass is 16.3. The van der Waals surface area contributed by atoms with Crippen molar-refractivity contribution in [2.75, 3.05) is 18.0 Å². The summed E-state index contributed by atoms with van der Waals surface area (Å²) in [6.07, 6.45) is 3.36. The number of rotatable bonds is 5. The second-order valence-corrected chi connectivity index (χ2v) is 5.65. The zero-order valence-electron chi connectivity index (χ0n) is 13.0. The Morgan fingerprint density at radius 3 is 2.38 bits per heavy atom. The Balaban J connectivity index is 1.99. The lowest BCUT2D eigenvalue weighted by molar-refractivity contribution is 0.0717. The van der Waals surface area contributed by atoms with Gasteiger partial charge >= 0.3 is 0 Å². The first-order valence-electron chi connectivity index (χ1n) is 7.99. The number of benzene rings is 1. The van der Waals surface area contributed by atoms with Crippen molar-refractivity contribution >= 4 is 11.6 Å². The SMILES string of the molecule is CCN(CC)c1ccc(C(=O)N[C@H]2CCCC[C@@H]2O)cc1. The van der Waals surface area contributed by atoms with Crippen LogP contribution < -0.4 is 10.2 Å². The molecular formula is C17H26N2O2. The number of aliphatic hydroxyl groups excluding tert-OH is 1. The van der Waals surface area contributed by atoms with Gasteiger partial charge in [-0.05, 0) is 51.0 Å². The van der Waals surface area contributed by atoms with E-state index in [1.165, 1.54) is 0 Å². The van der Waals surface area contributed by atoms with Gasteiger partial charge in [0.2, 0.25) is 0 Å². The maximum atomic E-state index is 12.2. The largest absolute Gasteiger partial charge is 0.391 e. The van der Waals surface area contributed by atoms with Gasteiger partial charge in [0.05, 0.1) is 12.1 Å². The van der Waals surface area contributed by atoms with Crippen LogP contribution >= 0.6 is 0 Å². The van der Waals surface area contributed by atoms with Crippen LogP contribution in [-0.2, 0) is 0 Å². The van der Waals surface area contributed by atoms with Crippen LogP contribution in [0.1, 0.15) is 49.9 Å². The second-order valence-electron chi connectivity index (χ2n) is 5.65. The van der Waals surface area contributed by atoms with Crippen molar-refractivity contribution in [2.45, 2.75) is 51.7 Å². The van der Waals surface area contributed by atoms with Gasteiger partial charge in [-0.25, -0.2) is 0 Å². The van der Waals surface area contributed by atoms with Gasteiger partial charge in [-0.15, -0.1) is 0 Å². The highest BCUT2D eigenvalue weighted by Gasteiger charge is 2.24. The molecule has 1 aliphatic carbocycles. The quantitative estimate of drug-likeness (QED) is 0.876. The van der Waals surface area contributed by atoms with E-state index in [-0.39, 0.29) is 11.9 Å². The van der Waals surface area contributed by atoms with Crippen LogP contribution in [0.2, 0.25) is 0 Å². The number of aliphatic hydroxyl groups is 1. The molecule has 116 valence electrons. The molecule has 1 aliphatic rings. The number of hydrogen-bond donors (Lipinski definition) is 2. The molecule has 0 bridgehead atoms. The summed E-state index contributed by atoms with van der Waals surface area (Å²) in [5.41, 5.74) is 1.79. The van der Waals surface area contributed by atoms with Crippen molar-refractivity contribution in [1.82, 2.24) is 5.32 Å². The molecule has 0 spiro atoms. The number of nitrogens with one attached hydrogen (secondary N) is 1. The van der Waals surface area contributed by atoms with E-state index in [9.17, 15) is 9.90 Å². The van der Waals surface area contributed by atoms with E-state index in [4.69, 9.17) is 0 Å². The number of carbonyl (C=O) groups excluding carboxylic acids is 1. The van der Waals surface area contributed by atoms with Gasteiger partial charge in [0.25, 0.3) is 5.91 Å². The third-order valence-corrected chi connectivity index (χ3v) is 4.30. The van der Waals surface area contributed by atoms with Crippen molar-refractivity contribution in [3.8, 4) is 0 Å². The number of carbonyl (C=O) groups is 1. The van der Waals surface area contributed by atoms with E-state index >= 15 is 0 Å². The molecule has 1 saturated carbocycles. The first-order valence-corrected chi connectivity index (χ1v) is 7.99. The topological polar surface area (TPSA) is 52.6 Å². The van der Waals surface area contributed by atoms with Crippen molar-refractivity contribution in [2.24, 2.45) is 0 Å². The van der Waals surface area contributed by atoms with Gasteiger partial charge in [-0.2, -0.15) is 0 Å². The lowest BCUT2D eigenvalue weighted by atomic mass is 9.92. The number of amides is 1. The van der Waals surface area contributed by atoms with E-state index in [0.29, 0.717) is 5.56 Å². The molecule has 1 aromatic rings. The fourth-order valence-corrected chi connectivity index (χ4v) is 2.94. The molecule has 4 heteroatoms. The van der Waals surface area contributed by atoms with Crippen molar-refractivity contribution in [3.05, 3.63) is 29.8 Å². The molecule has 1 aromatic carbocycles.